The Balaban J connectivity index is 1.97. The molecule has 82 valence electrons. The van der Waals surface area contributed by atoms with Gasteiger partial charge in [0.05, 0.1) is 13.1 Å². The molecule has 0 saturated carbocycles. The molecule has 0 spiro atoms. The summed E-state index contributed by atoms with van der Waals surface area (Å²) in [6, 6.07) is 6.77. The summed E-state index contributed by atoms with van der Waals surface area (Å²) in [6.07, 6.45) is 1.96. The molecule has 3 rings (SSSR count). The maximum atomic E-state index is 13.0. The molecule has 4 heteroatoms. The molecule has 0 saturated heterocycles. The number of nitrogens with zero attached hydrogens (tertiary/aromatic N) is 2. The van der Waals surface area contributed by atoms with E-state index in [0.717, 1.165) is 36.4 Å². The molecule has 16 heavy (non-hydrogen) atoms. The summed E-state index contributed by atoms with van der Waals surface area (Å²) in [7, 11) is 0. The highest BCUT2D eigenvalue weighted by Gasteiger charge is 2.08. The van der Waals surface area contributed by atoms with Crippen LogP contribution >= 0.6 is 0 Å². The van der Waals surface area contributed by atoms with E-state index in [1.165, 1.54) is 6.07 Å². The van der Waals surface area contributed by atoms with Crippen molar-refractivity contribution in [2.45, 2.75) is 6.54 Å². The first-order valence-electron chi connectivity index (χ1n) is 5.34. The first kappa shape index (κ1) is 9.39. The molecule has 0 fully saturated rings. The van der Waals surface area contributed by atoms with Gasteiger partial charge in [0.2, 0.25) is 0 Å². The molecule has 0 amide bonds. The molecular formula is C12H12FN3. The summed E-state index contributed by atoms with van der Waals surface area (Å²) in [4.78, 5) is 4.35. The van der Waals surface area contributed by atoms with Crippen LogP contribution in [0.25, 0.3) is 10.9 Å². The van der Waals surface area contributed by atoms with Crippen molar-refractivity contribution in [3.8, 4) is 0 Å². The number of fused-ring (bicyclic) bond motifs is 1. The third-order valence-corrected chi connectivity index (χ3v) is 2.80. The highest BCUT2D eigenvalue weighted by Crippen LogP contribution is 2.17. The van der Waals surface area contributed by atoms with Crippen molar-refractivity contribution >= 4 is 16.7 Å². The molecule has 0 bridgehead atoms. The van der Waals surface area contributed by atoms with E-state index in [9.17, 15) is 4.39 Å². The Morgan fingerprint density at radius 1 is 1.38 bits per heavy atom. The van der Waals surface area contributed by atoms with Gasteiger partial charge >= 0.3 is 0 Å². The van der Waals surface area contributed by atoms with Crippen LogP contribution in [0.4, 0.5) is 4.39 Å². The second-order valence-corrected chi connectivity index (χ2v) is 3.90. The minimum Gasteiger partial charge on any atom is -0.370 e. The van der Waals surface area contributed by atoms with Crippen molar-refractivity contribution in [3.63, 3.8) is 0 Å². The quantitative estimate of drug-likeness (QED) is 0.816. The number of halogens is 1. The molecule has 1 N–H and O–H groups in total. The lowest BCUT2D eigenvalue weighted by molar-refractivity contribution is 0.629. The van der Waals surface area contributed by atoms with Crippen molar-refractivity contribution < 1.29 is 4.39 Å². The number of aromatic nitrogens is 1. The first-order valence-corrected chi connectivity index (χ1v) is 5.34. The van der Waals surface area contributed by atoms with Crippen molar-refractivity contribution in [2.75, 3.05) is 13.1 Å². The largest absolute Gasteiger partial charge is 0.370 e. The third-order valence-electron chi connectivity index (χ3n) is 2.80. The van der Waals surface area contributed by atoms with Gasteiger partial charge < -0.3 is 9.88 Å². The summed E-state index contributed by atoms with van der Waals surface area (Å²) in [5, 5.41) is 4.16. The zero-order valence-corrected chi connectivity index (χ0v) is 8.78. The zero-order chi connectivity index (χ0) is 11.0. The Labute approximate surface area is 92.6 Å². The monoisotopic (exact) mass is 217 g/mol. The second-order valence-electron chi connectivity index (χ2n) is 3.90. The average molecular weight is 217 g/mol. The fourth-order valence-electron chi connectivity index (χ4n) is 2.02. The summed E-state index contributed by atoms with van der Waals surface area (Å²) in [5.74, 6) is 0.809. The van der Waals surface area contributed by atoms with E-state index >= 15 is 0 Å². The minimum absolute atomic E-state index is 0.193. The molecule has 0 radical (unpaired) electrons. The topological polar surface area (TPSA) is 29.3 Å². The van der Waals surface area contributed by atoms with Crippen molar-refractivity contribution in [2.24, 2.45) is 4.99 Å². The van der Waals surface area contributed by atoms with Gasteiger partial charge in [-0.3, -0.25) is 4.99 Å². The SMILES string of the molecule is Fc1ccc2c(ccn2CC2=NCCN2)c1. The van der Waals surface area contributed by atoms with Crippen molar-refractivity contribution in [1.29, 1.82) is 0 Å². The predicted molar refractivity (Wildman–Crippen MR) is 62.2 cm³/mol. The van der Waals surface area contributed by atoms with E-state index in [1.807, 2.05) is 12.3 Å². The Morgan fingerprint density at radius 3 is 3.12 bits per heavy atom. The minimum atomic E-state index is -0.193. The van der Waals surface area contributed by atoms with Crippen LogP contribution in [-0.2, 0) is 6.54 Å². The van der Waals surface area contributed by atoms with Gasteiger partial charge in [-0.25, -0.2) is 4.39 Å². The smallest absolute Gasteiger partial charge is 0.123 e. The van der Waals surface area contributed by atoms with E-state index in [4.69, 9.17) is 0 Å². The molecular weight excluding hydrogens is 205 g/mol. The lowest BCUT2D eigenvalue weighted by atomic mass is 10.2. The molecule has 0 unspecified atom stereocenters. The van der Waals surface area contributed by atoms with E-state index in [0.29, 0.717) is 0 Å². The van der Waals surface area contributed by atoms with Crippen LogP contribution in [0.15, 0.2) is 35.5 Å². The molecule has 1 aliphatic rings. The Hall–Kier alpha value is -1.84. The van der Waals surface area contributed by atoms with Crippen LogP contribution in [0.5, 0.6) is 0 Å². The van der Waals surface area contributed by atoms with Crippen LogP contribution in [0.3, 0.4) is 0 Å². The van der Waals surface area contributed by atoms with Gasteiger partial charge in [-0.15, -0.1) is 0 Å². The molecule has 0 aliphatic carbocycles. The molecule has 1 aromatic heterocycles. The number of benzene rings is 1. The number of amidine groups is 1. The van der Waals surface area contributed by atoms with Crippen LogP contribution in [-0.4, -0.2) is 23.5 Å². The van der Waals surface area contributed by atoms with Gasteiger partial charge in [-0.2, -0.15) is 0 Å². The van der Waals surface area contributed by atoms with Gasteiger partial charge in [-0.05, 0) is 24.3 Å². The predicted octanol–water partition coefficient (Wildman–Crippen LogP) is 1.78. The lowest BCUT2D eigenvalue weighted by Crippen LogP contribution is -2.23. The molecule has 1 aromatic carbocycles. The van der Waals surface area contributed by atoms with Gasteiger partial charge in [0, 0.05) is 23.6 Å². The number of hydrogen-bond acceptors (Lipinski definition) is 2. The zero-order valence-electron chi connectivity index (χ0n) is 8.78. The highest BCUT2D eigenvalue weighted by atomic mass is 19.1. The highest BCUT2D eigenvalue weighted by molar-refractivity contribution is 5.86. The van der Waals surface area contributed by atoms with Crippen LogP contribution in [0.1, 0.15) is 0 Å². The first-order chi connectivity index (χ1) is 7.83. The molecule has 3 nitrogen and oxygen atoms in total. The van der Waals surface area contributed by atoms with Crippen molar-refractivity contribution in [1.82, 2.24) is 9.88 Å². The van der Waals surface area contributed by atoms with Gasteiger partial charge in [0.1, 0.15) is 11.7 Å². The molecule has 2 aromatic rings. The van der Waals surface area contributed by atoms with E-state index in [-0.39, 0.29) is 5.82 Å². The van der Waals surface area contributed by atoms with Gasteiger partial charge in [0.15, 0.2) is 0 Å². The van der Waals surface area contributed by atoms with E-state index in [1.54, 1.807) is 12.1 Å². The Morgan fingerprint density at radius 2 is 2.31 bits per heavy atom. The number of rotatable bonds is 2. The standard InChI is InChI=1S/C12H12FN3/c13-10-1-2-11-9(7-10)3-6-16(11)8-12-14-4-5-15-12/h1-3,6-7H,4-5,8H2,(H,14,15). The third kappa shape index (κ3) is 1.56. The molecule has 0 atom stereocenters. The van der Waals surface area contributed by atoms with Crippen molar-refractivity contribution in [3.05, 3.63) is 36.3 Å². The van der Waals surface area contributed by atoms with Crippen LogP contribution < -0.4 is 5.32 Å². The fourth-order valence-corrected chi connectivity index (χ4v) is 2.02. The summed E-state index contributed by atoms with van der Waals surface area (Å²) in [5.41, 5.74) is 1.04. The maximum absolute atomic E-state index is 13.0. The normalized spacial score (nSPS) is 15.2. The van der Waals surface area contributed by atoms with Gasteiger partial charge in [-0.1, -0.05) is 0 Å². The Kier molecular flexibility index (Phi) is 2.13. The number of nitrogens with one attached hydrogen (secondary N) is 1. The lowest BCUT2D eigenvalue weighted by Gasteiger charge is -2.05. The van der Waals surface area contributed by atoms with Gasteiger partial charge in [0.25, 0.3) is 0 Å². The maximum Gasteiger partial charge on any atom is 0.123 e. The van der Waals surface area contributed by atoms with E-state index in [2.05, 4.69) is 14.9 Å². The fraction of sp³-hybridized carbons (Fsp3) is 0.250. The molecule has 1 aliphatic heterocycles. The second kappa shape index (κ2) is 3.63. The number of hydrogen-bond donors (Lipinski definition) is 1. The van der Waals surface area contributed by atoms with Crippen LogP contribution in [0, 0.1) is 5.82 Å². The summed E-state index contributed by atoms with van der Waals surface area (Å²) < 4.78 is 15.1. The average Bonchev–Trinajstić information content (AvgIpc) is 2.89. The number of aliphatic imine (C=N–C) groups is 1. The van der Waals surface area contributed by atoms with Crippen LogP contribution in [0.2, 0.25) is 0 Å². The summed E-state index contributed by atoms with van der Waals surface area (Å²) >= 11 is 0. The summed E-state index contributed by atoms with van der Waals surface area (Å²) in [6.45, 7) is 2.50. The van der Waals surface area contributed by atoms with E-state index < -0.39 is 0 Å². The Bertz CT molecular complexity index is 556. The molecule has 2 heterocycles.